The van der Waals surface area contributed by atoms with E-state index in [2.05, 4.69) is 38.1 Å². The smallest absolute Gasteiger partial charge is 0.134 e. The molecule has 1 nitrogen and oxygen atoms in total. The number of hydrogen-bond acceptors (Lipinski definition) is 1. The first-order valence-electron chi connectivity index (χ1n) is 5.34. The molecule has 2 aromatic rings. The first kappa shape index (κ1) is 9.32. The summed E-state index contributed by atoms with van der Waals surface area (Å²) in [5.74, 6) is 1.08. The van der Waals surface area contributed by atoms with E-state index in [-0.39, 0.29) is 0 Å². The molecule has 0 atom stereocenters. The third-order valence-electron chi connectivity index (χ3n) is 2.52. The highest BCUT2D eigenvalue weighted by molar-refractivity contribution is 5.78. The molecule has 0 spiro atoms. The second kappa shape index (κ2) is 3.87. The van der Waals surface area contributed by atoms with Crippen LogP contribution in [0.1, 0.15) is 31.6 Å². The van der Waals surface area contributed by atoms with Gasteiger partial charge in [0.15, 0.2) is 0 Å². The lowest BCUT2D eigenvalue weighted by Gasteiger charge is -1.96. The van der Waals surface area contributed by atoms with Crippen molar-refractivity contribution in [1.82, 2.24) is 0 Å². The molecule has 0 aliphatic heterocycles. The Hall–Kier alpha value is -1.24. The molecule has 0 radical (unpaired) electrons. The molecule has 1 aromatic carbocycles. The summed E-state index contributed by atoms with van der Waals surface area (Å²) >= 11 is 0. The lowest BCUT2D eigenvalue weighted by atomic mass is 10.1. The van der Waals surface area contributed by atoms with Crippen LogP contribution in [-0.2, 0) is 12.8 Å². The number of rotatable bonds is 3. The minimum Gasteiger partial charge on any atom is -0.461 e. The Morgan fingerprint density at radius 2 is 2.00 bits per heavy atom. The van der Waals surface area contributed by atoms with E-state index < -0.39 is 0 Å². The van der Waals surface area contributed by atoms with Crippen LogP contribution in [0.5, 0.6) is 0 Å². The number of hydrogen-bond donors (Lipinski definition) is 0. The fraction of sp³-hybridized carbons (Fsp3) is 0.385. The predicted octanol–water partition coefficient (Wildman–Crippen LogP) is 3.95. The maximum Gasteiger partial charge on any atom is 0.134 e. The molecule has 14 heavy (non-hydrogen) atoms. The summed E-state index contributed by atoms with van der Waals surface area (Å²) in [5.41, 5.74) is 2.41. The van der Waals surface area contributed by atoms with Crippen LogP contribution in [0, 0.1) is 0 Å². The molecular weight excluding hydrogens is 172 g/mol. The molecule has 0 unspecified atom stereocenters. The number of furan rings is 1. The molecule has 1 heterocycles. The Kier molecular flexibility index (Phi) is 2.58. The zero-order valence-corrected chi connectivity index (χ0v) is 8.84. The van der Waals surface area contributed by atoms with Crippen molar-refractivity contribution in [3.8, 4) is 0 Å². The van der Waals surface area contributed by atoms with Crippen molar-refractivity contribution < 1.29 is 4.42 Å². The maximum atomic E-state index is 5.70. The molecule has 0 aliphatic carbocycles. The Balaban J connectivity index is 2.43. The van der Waals surface area contributed by atoms with Crippen molar-refractivity contribution in [2.45, 2.75) is 33.1 Å². The van der Waals surface area contributed by atoms with Crippen LogP contribution >= 0.6 is 0 Å². The maximum absolute atomic E-state index is 5.70. The van der Waals surface area contributed by atoms with Crippen molar-refractivity contribution in [1.29, 1.82) is 0 Å². The molecule has 0 N–H and O–H groups in total. The second-order valence-electron chi connectivity index (χ2n) is 3.69. The summed E-state index contributed by atoms with van der Waals surface area (Å²) < 4.78 is 5.70. The van der Waals surface area contributed by atoms with Crippen LogP contribution in [-0.4, -0.2) is 0 Å². The number of fused-ring (bicyclic) bond motifs is 1. The molecule has 0 fully saturated rings. The molecule has 1 heteroatoms. The Bertz CT molecular complexity index is 426. The van der Waals surface area contributed by atoms with Gasteiger partial charge >= 0.3 is 0 Å². The zero-order chi connectivity index (χ0) is 9.97. The third-order valence-corrected chi connectivity index (χ3v) is 2.52. The first-order chi connectivity index (χ1) is 6.83. The highest BCUT2D eigenvalue weighted by Crippen LogP contribution is 2.21. The first-order valence-corrected chi connectivity index (χ1v) is 5.34. The Morgan fingerprint density at radius 3 is 2.71 bits per heavy atom. The van der Waals surface area contributed by atoms with E-state index in [1.54, 1.807) is 0 Å². The summed E-state index contributed by atoms with van der Waals surface area (Å²) in [5, 5.41) is 1.22. The molecule has 0 saturated heterocycles. The predicted molar refractivity (Wildman–Crippen MR) is 59.6 cm³/mol. The molecule has 2 rings (SSSR count). The van der Waals surface area contributed by atoms with Gasteiger partial charge in [-0.05, 0) is 24.1 Å². The lowest BCUT2D eigenvalue weighted by Crippen LogP contribution is -1.80. The van der Waals surface area contributed by atoms with Crippen LogP contribution in [0.15, 0.2) is 28.7 Å². The van der Waals surface area contributed by atoms with Gasteiger partial charge in [0.05, 0.1) is 0 Å². The summed E-state index contributed by atoms with van der Waals surface area (Å²) in [6.07, 6.45) is 3.29. The topological polar surface area (TPSA) is 13.1 Å². The minimum atomic E-state index is 0.970. The second-order valence-corrected chi connectivity index (χ2v) is 3.69. The van der Waals surface area contributed by atoms with E-state index in [1.165, 1.54) is 17.4 Å². The molecule has 0 bridgehead atoms. The highest BCUT2D eigenvalue weighted by Gasteiger charge is 2.02. The lowest BCUT2D eigenvalue weighted by molar-refractivity contribution is 0.556. The third kappa shape index (κ3) is 1.67. The fourth-order valence-electron chi connectivity index (χ4n) is 1.75. The van der Waals surface area contributed by atoms with Gasteiger partial charge in [0.25, 0.3) is 0 Å². The van der Waals surface area contributed by atoms with Crippen molar-refractivity contribution in [2.75, 3.05) is 0 Å². The van der Waals surface area contributed by atoms with Gasteiger partial charge in [0.2, 0.25) is 0 Å². The van der Waals surface area contributed by atoms with Crippen molar-refractivity contribution in [3.63, 3.8) is 0 Å². The van der Waals surface area contributed by atoms with Gasteiger partial charge in [0, 0.05) is 11.8 Å². The van der Waals surface area contributed by atoms with Gasteiger partial charge in [-0.2, -0.15) is 0 Å². The van der Waals surface area contributed by atoms with Crippen LogP contribution in [0.3, 0.4) is 0 Å². The summed E-state index contributed by atoms with van der Waals surface area (Å²) in [4.78, 5) is 0. The largest absolute Gasteiger partial charge is 0.461 e. The van der Waals surface area contributed by atoms with Crippen molar-refractivity contribution in [2.24, 2.45) is 0 Å². The van der Waals surface area contributed by atoms with E-state index >= 15 is 0 Å². The molecule has 0 amide bonds. The fourth-order valence-corrected chi connectivity index (χ4v) is 1.75. The van der Waals surface area contributed by atoms with E-state index in [0.29, 0.717) is 0 Å². The Labute approximate surface area is 84.7 Å². The van der Waals surface area contributed by atoms with E-state index in [4.69, 9.17) is 4.42 Å². The number of aryl methyl sites for hydroxylation is 2. The quantitative estimate of drug-likeness (QED) is 0.710. The van der Waals surface area contributed by atoms with Gasteiger partial charge in [-0.3, -0.25) is 0 Å². The average Bonchev–Trinajstić information content (AvgIpc) is 2.60. The SMILES string of the molecule is CCCc1ccc2cc(CC)oc2c1. The molecule has 74 valence electrons. The minimum absolute atomic E-state index is 0.970. The van der Waals surface area contributed by atoms with Crippen molar-refractivity contribution >= 4 is 11.0 Å². The Morgan fingerprint density at radius 1 is 1.14 bits per heavy atom. The van der Waals surface area contributed by atoms with E-state index in [1.807, 2.05) is 0 Å². The highest BCUT2D eigenvalue weighted by atomic mass is 16.3. The van der Waals surface area contributed by atoms with Crippen LogP contribution in [0.25, 0.3) is 11.0 Å². The number of benzene rings is 1. The summed E-state index contributed by atoms with van der Waals surface area (Å²) in [7, 11) is 0. The standard InChI is InChI=1S/C13H16O/c1-3-5-10-6-7-11-9-12(4-2)14-13(11)8-10/h6-9H,3-5H2,1-2H3. The molecule has 0 saturated carbocycles. The zero-order valence-electron chi connectivity index (χ0n) is 8.84. The van der Waals surface area contributed by atoms with Crippen LogP contribution < -0.4 is 0 Å². The van der Waals surface area contributed by atoms with Crippen molar-refractivity contribution in [3.05, 3.63) is 35.6 Å². The van der Waals surface area contributed by atoms with Crippen LogP contribution in [0.4, 0.5) is 0 Å². The normalized spacial score (nSPS) is 11.0. The van der Waals surface area contributed by atoms with Gasteiger partial charge in [0.1, 0.15) is 11.3 Å². The van der Waals surface area contributed by atoms with Crippen LogP contribution in [0.2, 0.25) is 0 Å². The van der Waals surface area contributed by atoms with Gasteiger partial charge in [-0.15, -0.1) is 0 Å². The van der Waals surface area contributed by atoms with Gasteiger partial charge in [-0.25, -0.2) is 0 Å². The molecule has 0 aliphatic rings. The van der Waals surface area contributed by atoms with E-state index in [0.717, 1.165) is 24.2 Å². The summed E-state index contributed by atoms with van der Waals surface area (Å²) in [6.45, 7) is 4.31. The monoisotopic (exact) mass is 188 g/mol. The molecule has 1 aromatic heterocycles. The summed E-state index contributed by atoms with van der Waals surface area (Å²) in [6, 6.07) is 8.65. The molecular formula is C13H16O. The van der Waals surface area contributed by atoms with Gasteiger partial charge in [-0.1, -0.05) is 32.4 Å². The van der Waals surface area contributed by atoms with E-state index in [9.17, 15) is 0 Å². The van der Waals surface area contributed by atoms with Gasteiger partial charge < -0.3 is 4.42 Å². The average molecular weight is 188 g/mol.